The topological polar surface area (TPSA) is 83.7 Å². The molecular formula is C21H27N3O4S. The standard InChI is InChI=1S/C21H27N3O4S/c1-15-6-5-7-18(14-15)29(26,27)24-12-8-17(9-13-24)20-22-19(16(2)28-20)21(25)23-10-3-4-11-23/h5-7,14,17H,3-4,8-13H2,1-2H3. The summed E-state index contributed by atoms with van der Waals surface area (Å²) in [6, 6.07) is 7.00. The molecule has 2 aromatic rings. The third-order valence-corrected chi connectivity index (χ3v) is 7.73. The summed E-state index contributed by atoms with van der Waals surface area (Å²) in [6.45, 7) is 6.04. The first-order chi connectivity index (χ1) is 13.9. The van der Waals surface area contributed by atoms with E-state index >= 15 is 0 Å². The maximum absolute atomic E-state index is 12.9. The highest BCUT2D eigenvalue weighted by Crippen LogP contribution is 2.32. The van der Waals surface area contributed by atoms with Crippen molar-refractivity contribution < 1.29 is 17.6 Å². The number of benzene rings is 1. The van der Waals surface area contributed by atoms with E-state index in [2.05, 4.69) is 4.98 Å². The number of piperidine rings is 1. The first kappa shape index (κ1) is 20.1. The van der Waals surface area contributed by atoms with Gasteiger partial charge in [0.15, 0.2) is 11.6 Å². The zero-order valence-corrected chi connectivity index (χ0v) is 17.7. The minimum absolute atomic E-state index is 0.0257. The normalized spacial score (nSPS) is 19.0. The number of rotatable bonds is 4. The van der Waals surface area contributed by atoms with Crippen LogP contribution in [-0.4, -0.2) is 54.7 Å². The number of likely N-dealkylation sites (tertiary alicyclic amines) is 1. The van der Waals surface area contributed by atoms with Crippen LogP contribution in [-0.2, 0) is 10.0 Å². The molecule has 156 valence electrons. The molecule has 2 aliphatic heterocycles. The van der Waals surface area contributed by atoms with Crippen LogP contribution in [0.4, 0.5) is 0 Å². The first-order valence-electron chi connectivity index (χ1n) is 10.2. The Kier molecular flexibility index (Phi) is 5.48. The molecule has 4 rings (SSSR count). The molecule has 0 radical (unpaired) electrons. The van der Waals surface area contributed by atoms with Gasteiger partial charge in [0, 0.05) is 32.1 Å². The lowest BCUT2D eigenvalue weighted by Gasteiger charge is -2.29. The van der Waals surface area contributed by atoms with Crippen LogP contribution in [0.5, 0.6) is 0 Å². The van der Waals surface area contributed by atoms with Gasteiger partial charge in [-0.1, -0.05) is 12.1 Å². The molecule has 7 nitrogen and oxygen atoms in total. The predicted molar refractivity (Wildman–Crippen MR) is 108 cm³/mol. The van der Waals surface area contributed by atoms with E-state index in [-0.39, 0.29) is 11.8 Å². The smallest absolute Gasteiger partial charge is 0.276 e. The summed E-state index contributed by atoms with van der Waals surface area (Å²) < 4.78 is 33.2. The first-order valence-corrected chi connectivity index (χ1v) is 11.6. The van der Waals surface area contributed by atoms with Crippen LogP contribution in [0.2, 0.25) is 0 Å². The molecule has 2 fully saturated rings. The molecule has 2 aliphatic rings. The molecule has 29 heavy (non-hydrogen) atoms. The van der Waals surface area contributed by atoms with Gasteiger partial charge < -0.3 is 9.32 Å². The average Bonchev–Trinajstić information content (AvgIpc) is 3.38. The summed E-state index contributed by atoms with van der Waals surface area (Å²) in [4.78, 5) is 19.3. The highest BCUT2D eigenvalue weighted by atomic mass is 32.2. The molecule has 0 saturated carbocycles. The highest BCUT2D eigenvalue weighted by Gasteiger charge is 2.33. The lowest BCUT2D eigenvalue weighted by atomic mass is 9.98. The fourth-order valence-corrected chi connectivity index (χ4v) is 5.70. The molecule has 1 aromatic carbocycles. The van der Waals surface area contributed by atoms with Gasteiger partial charge >= 0.3 is 0 Å². The SMILES string of the molecule is Cc1cccc(S(=O)(=O)N2CCC(c3nc(C(=O)N4CCCC4)c(C)o3)CC2)c1. The van der Waals surface area contributed by atoms with Crippen LogP contribution in [0.15, 0.2) is 33.6 Å². The van der Waals surface area contributed by atoms with Crippen molar-refractivity contribution in [2.45, 2.75) is 50.3 Å². The zero-order valence-electron chi connectivity index (χ0n) is 16.9. The van der Waals surface area contributed by atoms with Gasteiger partial charge in [-0.05, 0) is 57.2 Å². The molecule has 0 aliphatic carbocycles. The third kappa shape index (κ3) is 3.96. The Bertz CT molecular complexity index is 1000. The van der Waals surface area contributed by atoms with Gasteiger partial charge in [-0.3, -0.25) is 4.79 Å². The van der Waals surface area contributed by atoms with Crippen molar-refractivity contribution in [2.24, 2.45) is 0 Å². The van der Waals surface area contributed by atoms with E-state index in [9.17, 15) is 13.2 Å². The van der Waals surface area contributed by atoms with E-state index in [1.54, 1.807) is 25.1 Å². The molecule has 1 amide bonds. The van der Waals surface area contributed by atoms with Gasteiger partial charge in [0.2, 0.25) is 10.0 Å². The van der Waals surface area contributed by atoms with Crippen LogP contribution >= 0.6 is 0 Å². The monoisotopic (exact) mass is 417 g/mol. The Balaban J connectivity index is 1.45. The van der Waals surface area contributed by atoms with Crippen LogP contribution in [0.3, 0.4) is 0 Å². The highest BCUT2D eigenvalue weighted by molar-refractivity contribution is 7.89. The quantitative estimate of drug-likeness (QED) is 0.763. The summed E-state index contributed by atoms with van der Waals surface area (Å²) in [6.07, 6.45) is 3.32. The predicted octanol–water partition coefficient (Wildman–Crippen LogP) is 3.10. The van der Waals surface area contributed by atoms with E-state index in [1.807, 2.05) is 17.9 Å². The van der Waals surface area contributed by atoms with Gasteiger partial charge in [-0.25, -0.2) is 13.4 Å². The molecule has 0 spiro atoms. The van der Waals surface area contributed by atoms with Crippen molar-refractivity contribution in [3.8, 4) is 0 Å². The number of oxazole rings is 1. The van der Waals surface area contributed by atoms with Crippen molar-refractivity contribution in [1.82, 2.24) is 14.2 Å². The van der Waals surface area contributed by atoms with E-state index < -0.39 is 10.0 Å². The molecule has 0 N–H and O–H groups in total. The lowest BCUT2D eigenvalue weighted by molar-refractivity contribution is 0.0786. The summed E-state index contributed by atoms with van der Waals surface area (Å²) in [5.41, 5.74) is 1.32. The second-order valence-electron chi connectivity index (χ2n) is 7.95. The minimum atomic E-state index is -3.50. The van der Waals surface area contributed by atoms with Gasteiger partial charge in [0.25, 0.3) is 5.91 Å². The maximum atomic E-state index is 12.9. The average molecular weight is 418 g/mol. The molecular weight excluding hydrogens is 390 g/mol. The molecule has 1 aromatic heterocycles. The fourth-order valence-electron chi connectivity index (χ4n) is 4.13. The van der Waals surface area contributed by atoms with Crippen molar-refractivity contribution in [2.75, 3.05) is 26.2 Å². The van der Waals surface area contributed by atoms with Gasteiger partial charge in [-0.15, -0.1) is 0 Å². The fraction of sp³-hybridized carbons (Fsp3) is 0.524. The molecule has 0 unspecified atom stereocenters. The summed E-state index contributed by atoms with van der Waals surface area (Å²) in [5, 5.41) is 0. The summed E-state index contributed by atoms with van der Waals surface area (Å²) in [5.74, 6) is 1.07. The number of sulfonamides is 1. The Hall–Kier alpha value is -2.19. The molecule has 3 heterocycles. The Labute approximate surface area is 171 Å². The number of nitrogens with zero attached hydrogens (tertiary/aromatic N) is 3. The number of hydrogen-bond acceptors (Lipinski definition) is 5. The van der Waals surface area contributed by atoms with Crippen LogP contribution in [0.25, 0.3) is 0 Å². The zero-order chi connectivity index (χ0) is 20.6. The summed E-state index contributed by atoms with van der Waals surface area (Å²) >= 11 is 0. The van der Waals surface area contributed by atoms with Crippen molar-refractivity contribution >= 4 is 15.9 Å². The number of carbonyl (C=O) groups excluding carboxylic acids is 1. The maximum Gasteiger partial charge on any atom is 0.276 e. The molecule has 8 heteroatoms. The number of aromatic nitrogens is 1. The van der Waals surface area contributed by atoms with Gasteiger partial charge in [0.05, 0.1) is 4.90 Å². The minimum Gasteiger partial charge on any atom is -0.445 e. The Morgan fingerprint density at radius 1 is 1.10 bits per heavy atom. The number of hydrogen-bond donors (Lipinski definition) is 0. The largest absolute Gasteiger partial charge is 0.445 e. The molecule has 0 bridgehead atoms. The van der Waals surface area contributed by atoms with Gasteiger partial charge in [0.1, 0.15) is 5.76 Å². The van der Waals surface area contributed by atoms with E-state index in [0.717, 1.165) is 31.5 Å². The number of amides is 1. The van der Waals surface area contributed by atoms with E-state index in [0.29, 0.717) is 48.2 Å². The molecule has 0 atom stereocenters. The van der Waals surface area contributed by atoms with Crippen molar-refractivity contribution in [3.05, 3.63) is 47.2 Å². The van der Waals surface area contributed by atoms with Gasteiger partial charge in [-0.2, -0.15) is 4.31 Å². The van der Waals surface area contributed by atoms with E-state index in [1.165, 1.54) is 4.31 Å². The second-order valence-corrected chi connectivity index (χ2v) is 9.89. The van der Waals surface area contributed by atoms with Crippen LogP contribution in [0, 0.1) is 13.8 Å². The van der Waals surface area contributed by atoms with Crippen molar-refractivity contribution in [1.29, 1.82) is 0 Å². The van der Waals surface area contributed by atoms with Crippen LogP contribution < -0.4 is 0 Å². The number of carbonyl (C=O) groups is 1. The third-order valence-electron chi connectivity index (χ3n) is 5.84. The van der Waals surface area contributed by atoms with E-state index in [4.69, 9.17) is 4.42 Å². The van der Waals surface area contributed by atoms with Crippen molar-refractivity contribution in [3.63, 3.8) is 0 Å². The lowest BCUT2D eigenvalue weighted by Crippen LogP contribution is -2.38. The van der Waals surface area contributed by atoms with Crippen LogP contribution in [0.1, 0.15) is 59.3 Å². The summed E-state index contributed by atoms with van der Waals surface area (Å²) in [7, 11) is -3.50. The second kappa shape index (κ2) is 7.91. The number of aryl methyl sites for hydroxylation is 2. The Morgan fingerprint density at radius 3 is 2.45 bits per heavy atom. The Morgan fingerprint density at radius 2 is 1.79 bits per heavy atom. The molecule has 2 saturated heterocycles.